The summed E-state index contributed by atoms with van der Waals surface area (Å²) < 4.78 is 565. The highest BCUT2D eigenvalue weighted by Gasteiger charge is 3.03. The molecule has 0 aromatic heterocycles. The molecule has 0 saturated carbocycles. The van der Waals surface area contributed by atoms with Crippen LogP contribution in [0.3, 0.4) is 0 Å². The summed E-state index contributed by atoms with van der Waals surface area (Å²) in [6, 6.07) is 0. The summed E-state index contributed by atoms with van der Waals surface area (Å²) in [5.41, 5.74) is -1.27. The lowest BCUT2D eigenvalue weighted by Gasteiger charge is -2.47. The monoisotopic (exact) mass is 1120 g/mol. The second kappa shape index (κ2) is 15.9. The number of alkyl halides is 41. The molecule has 0 bridgehead atoms. The van der Waals surface area contributed by atoms with Gasteiger partial charge in [0.2, 0.25) is 0 Å². The number of rotatable bonds is 21. The smallest absolute Gasteiger partial charge is 0.456 e. The number of hydrogen-bond acceptors (Lipinski definition) is 2. The molecule has 0 unspecified atom stereocenters. The van der Waals surface area contributed by atoms with E-state index in [9.17, 15) is 185 Å². The van der Waals surface area contributed by atoms with Gasteiger partial charge in [0.05, 0.1) is 0 Å². The van der Waals surface area contributed by atoms with Gasteiger partial charge in [-0.3, -0.25) is 0 Å². The third-order valence-electron chi connectivity index (χ3n) is 8.25. The van der Waals surface area contributed by atoms with Gasteiger partial charge < -0.3 is 4.74 Å². The Labute approximate surface area is 341 Å². The molecule has 0 spiro atoms. The van der Waals surface area contributed by atoms with Gasteiger partial charge in [0.25, 0.3) is 0 Å². The van der Waals surface area contributed by atoms with Gasteiger partial charge in [-0.2, -0.15) is 180 Å². The molecule has 0 aromatic carbocycles. The zero-order valence-corrected chi connectivity index (χ0v) is 29.7. The molecular formula is C25H7F41O2. The lowest BCUT2D eigenvalue weighted by molar-refractivity contribution is -0.495. The van der Waals surface area contributed by atoms with Crippen LogP contribution in [0.4, 0.5) is 180 Å². The van der Waals surface area contributed by atoms with Crippen molar-refractivity contribution in [2.45, 2.75) is 126 Å². The van der Waals surface area contributed by atoms with Crippen molar-refractivity contribution in [3.63, 3.8) is 0 Å². The van der Waals surface area contributed by atoms with Crippen molar-refractivity contribution >= 4 is 5.97 Å². The van der Waals surface area contributed by atoms with E-state index in [-0.39, 0.29) is 0 Å². The molecule has 406 valence electrons. The third-order valence-corrected chi connectivity index (χ3v) is 8.25. The molecular weight excluding hydrogens is 1110 g/mol. The summed E-state index contributed by atoms with van der Waals surface area (Å²) in [6.07, 6.45) is -8.54. The molecule has 0 fully saturated rings. The van der Waals surface area contributed by atoms with Crippen molar-refractivity contribution in [2.75, 3.05) is 6.61 Å². The molecule has 0 aliphatic carbocycles. The number of halogens is 41. The second-order valence-corrected chi connectivity index (χ2v) is 12.9. The SMILES string of the molecule is C=C(C)C(=O)OCC(F)(F)C(F)(F)C(F)(F)C(F)(F)C(F)(F)C(F)(F)C(F)(F)C(F)(F)C(F)(F)C(F)(F)C(F)(F)C(F)(F)C(F)(F)C(F)(F)C(F)(F)C(F)(F)C(F)(F)C(F)(F)C(F)(F)C(F)(F)F. The highest BCUT2D eigenvalue weighted by molar-refractivity contribution is 5.86. The van der Waals surface area contributed by atoms with Crippen LogP contribution >= 0.6 is 0 Å². The maximum Gasteiger partial charge on any atom is 0.460 e. The van der Waals surface area contributed by atoms with Crippen LogP contribution in [-0.2, 0) is 9.53 Å². The lowest BCUT2D eigenvalue weighted by atomic mass is 9.81. The molecule has 2 nitrogen and oxygen atoms in total. The maximum absolute atomic E-state index is 14.1. The number of ether oxygens (including phenoxy) is 1. The molecule has 0 saturated heterocycles. The predicted molar refractivity (Wildman–Crippen MR) is 126 cm³/mol. The van der Waals surface area contributed by atoms with Crippen molar-refractivity contribution in [1.29, 1.82) is 0 Å². The molecule has 0 aromatic rings. The Morgan fingerprint density at radius 1 is 0.279 bits per heavy atom. The van der Waals surface area contributed by atoms with Crippen LogP contribution in [-0.4, -0.2) is 131 Å². The normalized spacial score (nSPS) is 16.9. The summed E-state index contributed by atoms with van der Waals surface area (Å²) in [4.78, 5) is 11.0. The average Bonchev–Trinajstić information content (AvgIpc) is 3.11. The molecule has 0 rings (SSSR count). The van der Waals surface area contributed by atoms with Gasteiger partial charge in [0, 0.05) is 5.57 Å². The highest BCUT2D eigenvalue weighted by Crippen LogP contribution is 2.71. The van der Waals surface area contributed by atoms with E-state index < -0.39 is 137 Å². The van der Waals surface area contributed by atoms with E-state index in [1.165, 1.54) is 0 Å². The Balaban J connectivity index is 7.94. The minimum Gasteiger partial charge on any atom is -0.456 e. The van der Waals surface area contributed by atoms with Crippen molar-refractivity contribution in [2.24, 2.45) is 0 Å². The standard InChI is InChI=1S/C25H7F41O2/c1-4(2)5(67)68-3-6(26,27)7(28,29)8(30,31)9(32,33)10(34,35)11(36,37)12(38,39)13(40,41)14(42,43)15(44,45)16(46,47)17(48,49)18(50,51)19(52,53)20(54,55)21(56,57)22(58,59)23(60,61)24(62,63)25(64,65)66/h1,3H2,2H3. The first kappa shape index (κ1) is 64.3. The van der Waals surface area contributed by atoms with Crippen molar-refractivity contribution in [3.05, 3.63) is 12.2 Å². The van der Waals surface area contributed by atoms with E-state index in [1.807, 2.05) is 0 Å². The highest BCUT2D eigenvalue weighted by atomic mass is 19.4. The molecule has 0 heterocycles. The van der Waals surface area contributed by atoms with Gasteiger partial charge in [0.15, 0.2) is 6.61 Å². The van der Waals surface area contributed by atoms with E-state index in [4.69, 9.17) is 0 Å². The quantitative estimate of drug-likeness (QED) is 0.0650. The largest absolute Gasteiger partial charge is 0.460 e. The van der Waals surface area contributed by atoms with Crippen LogP contribution in [0.1, 0.15) is 6.92 Å². The van der Waals surface area contributed by atoms with Gasteiger partial charge in [-0.15, -0.1) is 0 Å². The minimum absolute atomic E-state index is 0.331. The second-order valence-electron chi connectivity index (χ2n) is 12.9. The molecule has 68 heavy (non-hydrogen) atoms. The van der Waals surface area contributed by atoms with Crippen LogP contribution in [0.2, 0.25) is 0 Å². The van der Waals surface area contributed by atoms with Gasteiger partial charge in [0.1, 0.15) is 0 Å². The number of hydrogen-bond donors (Lipinski definition) is 0. The Bertz CT molecular complexity index is 1880. The number of carbonyl (C=O) groups excluding carboxylic acids is 1. The lowest BCUT2D eigenvalue weighted by Crippen LogP contribution is -2.80. The van der Waals surface area contributed by atoms with Gasteiger partial charge >= 0.3 is 125 Å². The van der Waals surface area contributed by atoms with Crippen LogP contribution in [0, 0.1) is 0 Å². The molecule has 0 aliphatic heterocycles. The Hall–Kier alpha value is -3.66. The first-order valence-electron chi connectivity index (χ1n) is 14.7. The molecule has 0 radical (unpaired) electrons. The fourth-order valence-corrected chi connectivity index (χ4v) is 3.93. The molecule has 0 atom stereocenters. The topological polar surface area (TPSA) is 26.3 Å². The Kier molecular flexibility index (Phi) is 15.1. The first-order chi connectivity index (χ1) is 28.6. The molecule has 43 heteroatoms. The average molecular weight is 1120 g/mol. The van der Waals surface area contributed by atoms with E-state index in [0.29, 0.717) is 6.92 Å². The number of esters is 1. The summed E-state index contributed by atoms with van der Waals surface area (Å²) in [5.74, 6) is -192. The predicted octanol–water partition coefficient (Wildman–Crippen LogP) is 13.7. The zero-order chi connectivity index (χ0) is 56.6. The third kappa shape index (κ3) is 7.46. The summed E-state index contributed by atoms with van der Waals surface area (Å²) in [6.45, 7) is -1.09. The summed E-state index contributed by atoms with van der Waals surface area (Å²) >= 11 is 0. The van der Waals surface area contributed by atoms with Crippen molar-refractivity contribution in [3.8, 4) is 0 Å². The van der Waals surface area contributed by atoms with Crippen LogP contribution in [0.5, 0.6) is 0 Å². The van der Waals surface area contributed by atoms with Gasteiger partial charge in [-0.05, 0) is 6.92 Å². The molecule has 0 N–H and O–H groups in total. The van der Waals surface area contributed by atoms with E-state index in [2.05, 4.69) is 11.3 Å². The van der Waals surface area contributed by atoms with E-state index in [0.717, 1.165) is 0 Å². The molecule has 0 amide bonds. The van der Waals surface area contributed by atoms with Crippen LogP contribution in [0.25, 0.3) is 0 Å². The maximum atomic E-state index is 14.1. The zero-order valence-electron chi connectivity index (χ0n) is 29.7. The van der Waals surface area contributed by atoms with E-state index in [1.54, 1.807) is 0 Å². The van der Waals surface area contributed by atoms with Crippen molar-refractivity contribution < 1.29 is 190 Å². The Morgan fingerprint density at radius 3 is 0.544 bits per heavy atom. The van der Waals surface area contributed by atoms with Crippen LogP contribution < -0.4 is 0 Å². The van der Waals surface area contributed by atoms with E-state index >= 15 is 0 Å². The first-order valence-corrected chi connectivity index (χ1v) is 14.7. The minimum atomic E-state index is -10.6. The fraction of sp³-hybridized carbons (Fsp3) is 0.880. The number of carbonyl (C=O) groups is 1. The Morgan fingerprint density at radius 2 is 0.412 bits per heavy atom. The van der Waals surface area contributed by atoms with Crippen LogP contribution in [0.15, 0.2) is 12.2 Å². The fourth-order valence-electron chi connectivity index (χ4n) is 3.93. The summed E-state index contributed by atoms with van der Waals surface area (Å²) in [5, 5.41) is 0. The summed E-state index contributed by atoms with van der Waals surface area (Å²) in [7, 11) is 0. The molecule has 0 aliphatic rings. The van der Waals surface area contributed by atoms with Gasteiger partial charge in [-0.25, -0.2) is 4.79 Å². The van der Waals surface area contributed by atoms with Gasteiger partial charge in [-0.1, -0.05) is 6.58 Å². The van der Waals surface area contributed by atoms with Crippen molar-refractivity contribution in [1.82, 2.24) is 0 Å².